The molecule has 2 N–H and O–H groups in total. The molecule has 23 heavy (non-hydrogen) atoms. The normalized spacial score (nSPS) is 14.4. The molecule has 2 aromatic rings. The minimum absolute atomic E-state index is 0.621. The van der Waals surface area contributed by atoms with Crippen LogP contribution in [-0.2, 0) is 6.54 Å². The quantitative estimate of drug-likeness (QED) is 0.747. The first-order valence-electron chi connectivity index (χ1n) is 8.33. The van der Waals surface area contributed by atoms with Gasteiger partial charge >= 0.3 is 0 Å². The van der Waals surface area contributed by atoms with E-state index in [-0.39, 0.29) is 0 Å². The molecule has 0 fully saturated rings. The first-order valence-corrected chi connectivity index (χ1v) is 8.33. The molecule has 0 radical (unpaired) electrons. The van der Waals surface area contributed by atoms with Crippen LogP contribution < -0.4 is 10.6 Å². The van der Waals surface area contributed by atoms with Gasteiger partial charge in [-0.15, -0.1) is 0 Å². The van der Waals surface area contributed by atoms with E-state index in [4.69, 9.17) is 4.42 Å². The molecule has 0 bridgehead atoms. The fraction of sp³-hybridized carbons (Fsp3) is 0.444. The second-order valence-corrected chi connectivity index (χ2v) is 5.94. The lowest BCUT2D eigenvalue weighted by molar-refractivity contribution is 0.518. The summed E-state index contributed by atoms with van der Waals surface area (Å²) in [6, 6.07) is 5.77. The molecule has 0 aliphatic heterocycles. The van der Waals surface area contributed by atoms with Crippen LogP contribution >= 0.6 is 0 Å². The Balaban J connectivity index is 1.53. The fourth-order valence-corrected chi connectivity index (χ4v) is 2.80. The zero-order valence-corrected chi connectivity index (χ0v) is 13.6. The number of furan rings is 1. The molecule has 2 aromatic heterocycles. The van der Waals surface area contributed by atoms with Crippen molar-refractivity contribution in [2.24, 2.45) is 0 Å². The van der Waals surface area contributed by atoms with Crippen molar-refractivity contribution in [1.82, 2.24) is 9.97 Å². The standard InChI is InChI=1S/C18H24N4O/c1-14-12-17(20-13-16-8-5-11-23-16)22-18(21-14)19-10-9-15-6-3-2-4-7-15/h5-6,8,11-12H,2-4,7,9-10,13H2,1H3,(H2,19,20,21,22). The van der Waals surface area contributed by atoms with E-state index in [1.165, 1.54) is 25.7 Å². The van der Waals surface area contributed by atoms with Crippen LogP contribution in [0.4, 0.5) is 11.8 Å². The number of allylic oxidation sites excluding steroid dienone is 1. The molecule has 2 heterocycles. The van der Waals surface area contributed by atoms with Crippen LogP contribution in [0.1, 0.15) is 43.6 Å². The minimum atomic E-state index is 0.621. The van der Waals surface area contributed by atoms with Gasteiger partial charge in [0.05, 0.1) is 12.8 Å². The van der Waals surface area contributed by atoms with E-state index >= 15 is 0 Å². The Kier molecular flexibility index (Phi) is 5.29. The molecule has 5 nitrogen and oxygen atoms in total. The Hall–Kier alpha value is -2.30. The topological polar surface area (TPSA) is 63.0 Å². The van der Waals surface area contributed by atoms with Gasteiger partial charge in [0.1, 0.15) is 11.6 Å². The summed E-state index contributed by atoms with van der Waals surface area (Å²) in [6.07, 6.45) is 10.3. The third kappa shape index (κ3) is 4.84. The van der Waals surface area contributed by atoms with Crippen molar-refractivity contribution in [3.05, 3.63) is 47.6 Å². The molecule has 1 aliphatic carbocycles. The predicted octanol–water partition coefficient (Wildman–Crippen LogP) is 4.29. The van der Waals surface area contributed by atoms with Crippen molar-refractivity contribution in [2.75, 3.05) is 17.2 Å². The van der Waals surface area contributed by atoms with Crippen molar-refractivity contribution < 1.29 is 4.42 Å². The van der Waals surface area contributed by atoms with Gasteiger partial charge in [-0.05, 0) is 51.2 Å². The van der Waals surface area contributed by atoms with Gasteiger partial charge in [-0.2, -0.15) is 4.98 Å². The molecule has 0 atom stereocenters. The van der Waals surface area contributed by atoms with Gasteiger partial charge in [-0.3, -0.25) is 0 Å². The Morgan fingerprint density at radius 2 is 2.17 bits per heavy atom. The Bertz CT molecular complexity index is 649. The SMILES string of the molecule is Cc1cc(NCc2ccco2)nc(NCCC2=CCCCC2)n1. The maximum Gasteiger partial charge on any atom is 0.224 e. The van der Waals surface area contributed by atoms with Crippen molar-refractivity contribution in [3.63, 3.8) is 0 Å². The molecule has 0 saturated carbocycles. The number of aryl methyl sites for hydroxylation is 1. The monoisotopic (exact) mass is 312 g/mol. The summed E-state index contributed by atoms with van der Waals surface area (Å²) in [5.41, 5.74) is 2.51. The van der Waals surface area contributed by atoms with Crippen LogP contribution in [0, 0.1) is 6.92 Å². The fourth-order valence-electron chi connectivity index (χ4n) is 2.80. The number of hydrogen-bond donors (Lipinski definition) is 2. The van der Waals surface area contributed by atoms with Gasteiger partial charge < -0.3 is 15.1 Å². The summed E-state index contributed by atoms with van der Waals surface area (Å²) in [7, 11) is 0. The third-order valence-corrected chi connectivity index (χ3v) is 3.99. The van der Waals surface area contributed by atoms with Crippen LogP contribution in [0.25, 0.3) is 0 Å². The number of nitrogens with zero attached hydrogens (tertiary/aromatic N) is 2. The molecule has 0 amide bonds. The number of rotatable bonds is 7. The Morgan fingerprint density at radius 1 is 1.22 bits per heavy atom. The summed E-state index contributed by atoms with van der Waals surface area (Å²) in [5.74, 6) is 2.39. The lowest BCUT2D eigenvalue weighted by atomic mass is 9.97. The van der Waals surface area contributed by atoms with Crippen molar-refractivity contribution in [3.8, 4) is 0 Å². The van der Waals surface area contributed by atoms with Crippen molar-refractivity contribution in [2.45, 2.75) is 45.6 Å². The highest BCUT2D eigenvalue weighted by Gasteiger charge is 2.05. The van der Waals surface area contributed by atoms with Crippen molar-refractivity contribution >= 4 is 11.8 Å². The van der Waals surface area contributed by atoms with E-state index in [1.54, 1.807) is 11.8 Å². The summed E-state index contributed by atoms with van der Waals surface area (Å²) in [6.45, 7) is 3.48. The van der Waals surface area contributed by atoms with Gasteiger partial charge in [0.2, 0.25) is 5.95 Å². The zero-order valence-electron chi connectivity index (χ0n) is 13.6. The third-order valence-electron chi connectivity index (χ3n) is 3.99. The van der Waals surface area contributed by atoms with E-state index in [0.717, 1.165) is 30.2 Å². The molecule has 0 saturated heterocycles. The number of nitrogens with one attached hydrogen (secondary N) is 2. The van der Waals surface area contributed by atoms with E-state index in [1.807, 2.05) is 25.1 Å². The Morgan fingerprint density at radius 3 is 2.96 bits per heavy atom. The summed E-state index contributed by atoms with van der Waals surface area (Å²) in [4.78, 5) is 8.98. The van der Waals surface area contributed by atoms with Crippen LogP contribution in [0.15, 0.2) is 40.5 Å². The van der Waals surface area contributed by atoms with Crippen molar-refractivity contribution in [1.29, 1.82) is 0 Å². The van der Waals surface area contributed by atoms with E-state index in [0.29, 0.717) is 12.5 Å². The molecular weight excluding hydrogens is 288 g/mol. The zero-order chi connectivity index (χ0) is 15.9. The van der Waals surface area contributed by atoms with E-state index < -0.39 is 0 Å². The van der Waals surface area contributed by atoms with E-state index in [2.05, 4.69) is 26.7 Å². The highest BCUT2D eigenvalue weighted by atomic mass is 16.3. The van der Waals surface area contributed by atoms with Crippen LogP contribution in [0.5, 0.6) is 0 Å². The molecule has 0 unspecified atom stereocenters. The lowest BCUT2D eigenvalue weighted by Gasteiger charge is -2.13. The molecule has 122 valence electrons. The first kappa shape index (κ1) is 15.6. The number of anilines is 2. The summed E-state index contributed by atoms with van der Waals surface area (Å²) >= 11 is 0. The molecule has 0 aromatic carbocycles. The lowest BCUT2D eigenvalue weighted by Crippen LogP contribution is -2.10. The van der Waals surface area contributed by atoms with Gasteiger partial charge in [-0.1, -0.05) is 11.6 Å². The van der Waals surface area contributed by atoms with Gasteiger partial charge in [0.15, 0.2) is 0 Å². The predicted molar refractivity (Wildman–Crippen MR) is 92.5 cm³/mol. The smallest absolute Gasteiger partial charge is 0.224 e. The van der Waals surface area contributed by atoms with Gasteiger partial charge in [-0.25, -0.2) is 4.98 Å². The number of aromatic nitrogens is 2. The summed E-state index contributed by atoms with van der Waals surface area (Å²) in [5, 5.41) is 6.61. The molecule has 0 spiro atoms. The highest BCUT2D eigenvalue weighted by molar-refractivity contribution is 5.42. The van der Waals surface area contributed by atoms with E-state index in [9.17, 15) is 0 Å². The summed E-state index contributed by atoms with van der Waals surface area (Å²) < 4.78 is 5.32. The molecule has 3 rings (SSSR count). The average Bonchev–Trinajstić information content (AvgIpc) is 3.07. The Labute approximate surface area is 137 Å². The van der Waals surface area contributed by atoms with Gasteiger partial charge in [0, 0.05) is 18.3 Å². The molecule has 5 heteroatoms. The molecular formula is C18H24N4O. The van der Waals surface area contributed by atoms with Crippen LogP contribution in [-0.4, -0.2) is 16.5 Å². The second kappa shape index (κ2) is 7.81. The first-order chi connectivity index (χ1) is 11.3. The minimum Gasteiger partial charge on any atom is -0.467 e. The van der Waals surface area contributed by atoms with Crippen LogP contribution in [0.3, 0.4) is 0 Å². The maximum atomic E-state index is 5.32. The maximum absolute atomic E-state index is 5.32. The number of hydrogen-bond acceptors (Lipinski definition) is 5. The average molecular weight is 312 g/mol. The van der Waals surface area contributed by atoms with Crippen LogP contribution in [0.2, 0.25) is 0 Å². The van der Waals surface area contributed by atoms with Gasteiger partial charge in [0.25, 0.3) is 0 Å². The highest BCUT2D eigenvalue weighted by Crippen LogP contribution is 2.20. The second-order valence-electron chi connectivity index (χ2n) is 5.94. The molecule has 1 aliphatic rings. The largest absolute Gasteiger partial charge is 0.467 e.